The number of carbonyl (C=O) groups excluding carboxylic acids is 2. The number of hydrogen-bond donors (Lipinski definition) is 1. The van der Waals surface area contributed by atoms with Crippen LogP contribution in [0.3, 0.4) is 0 Å². The zero-order valence-electron chi connectivity index (χ0n) is 17.4. The SMILES string of the molecule is CCOC(=O)c1ccc(NC(=O)C(CC)Sc2nnc(C)n3c2cc2occc23)cc1. The first-order chi connectivity index (χ1) is 15.0. The molecule has 0 aliphatic carbocycles. The normalized spacial score (nSPS) is 12.2. The van der Waals surface area contributed by atoms with Gasteiger partial charge in [-0.1, -0.05) is 18.7 Å². The fourth-order valence-electron chi connectivity index (χ4n) is 3.31. The number of ether oxygens (including phenoxy) is 1. The predicted molar refractivity (Wildman–Crippen MR) is 118 cm³/mol. The minimum absolute atomic E-state index is 0.146. The van der Waals surface area contributed by atoms with Gasteiger partial charge in [0, 0.05) is 17.8 Å². The number of nitrogens with zero attached hydrogens (tertiary/aromatic N) is 3. The molecule has 9 heteroatoms. The maximum absolute atomic E-state index is 12.9. The summed E-state index contributed by atoms with van der Waals surface area (Å²) in [6.45, 7) is 5.90. The second-order valence-electron chi connectivity index (χ2n) is 6.89. The Hall–Kier alpha value is -3.33. The lowest BCUT2D eigenvalue weighted by Gasteiger charge is -2.15. The van der Waals surface area contributed by atoms with Crippen LogP contribution >= 0.6 is 11.8 Å². The fourth-order valence-corrected chi connectivity index (χ4v) is 4.27. The highest BCUT2D eigenvalue weighted by Crippen LogP contribution is 2.32. The Morgan fingerprint density at radius 1 is 1.16 bits per heavy atom. The summed E-state index contributed by atoms with van der Waals surface area (Å²) in [5.41, 5.74) is 3.58. The van der Waals surface area contributed by atoms with E-state index >= 15 is 0 Å². The van der Waals surface area contributed by atoms with Gasteiger partial charge in [0.2, 0.25) is 5.91 Å². The molecule has 0 aliphatic rings. The highest BCUT2D eigenvalue weighted by atomic mass is 32.2. The van der Waals surface area contributed by atoms with Crippen molar-refractivity contribution < 1.29 is 18.7 Å². The van der Waals surface area contributed by atoms with Crippen LogP contribution in [-0.2, 0) is 9.53 Å². The summed E-state index contributed by atoms with van der Waals surface area (Å²) in [7, 11) is 0. The second kappa shape index (κ2) is 8.81. The van der Waals surface area contributed by atoms with E-state index in [4.69, 9.17) is 9.15 Å². The third-order valence-corrected chi connectivity index (χ3v) is 6.18. The van der Waals surface area contributed by atoms with Crippen LogP contribution in [0.15, 0.2) is 52.1 Å². The third-order valence-electron chi connectivity index (χ3n) is 4.83. The molecule has 8 nitrogen and oxygen atoms in total. The second-order valence-corrected chi connectivity index (χ2v) is 8.08. The first kappa shape index (κ1) is 20.9. The number of esters is 1. The van der Waals surface area contributed by atoms with E-state index in [1.807, 2.05) is 30.4 Å². The van der Waals surface area contributed by atoms with Crippen LogP contribution in [0.5, 0.6) is 0 Å². The molecule has 1 N–H and O–H groups in total. The molecule has 0 saturated carbocycles. The van der Waals surface area contributed by atoms with Crippen molar-refractivity contribution in [3.05, 3.63) is 54.0 Å². The van der Waals surface area contributed by atoms with Crippen LogP contribution < -0.4 is 5.32 Å². The zero-order chi connectivity index (χ0) is 22.0. The minimum atomic E-state index is -0.387. The van der Waals surface area contributed by atoms with Crippen LogP contribution in [0.4, 0.5) is 5.69 Å². The molecule has 1 atom stereocenters. The molecule has 0 fully saturated rings. The van der Waals surface area contributed by atoms with E-state index in [1.165, 1.54) is 11.8 Å². The Morgan fingerprint density at radius 2 is 1.94 bits per heavy atom. The first-order valence-corrected chi connectivity index (χ1v) is 10.9. The molecule has 31 heavy (non-hydrogen) atoms. The van der Waals surface area contributed by atoms with Gasteiger partial charge in [0.1, 0.15) is 10.9 Å². The lowest BCUT2D eigenvalue weighted by atomic mass is 10.2. The molecule has 1 unspecified atom stereocenters. The standard InChI is InChI=1S/C22H22N4O4S/c1-4-19(20(27)23-15-8-6-14(7-9-15)22(28)29-5-2)31-21-17-12-18-16(10-11-30-18)26(17)13(3)24-25-21/h6-12,19H,4-5H2,1-3H3,(H,23,27). The molecule has 4 aromatic rings. The quantitative estimate of drug-likeness (QED) is 0.336. The van der Waals surface area contributed by atoms with E-state index in [-0.39, 0.29) is 17.1 Å². The summed E-state index contributed by atoms with van der Waals surface area (Å²) in [5, 5.41) is 11.8. The van der Waals surface area contributed by atoms with Crippen molar-refractivity contribution in [2.45, 2.75) is 37.5 Å². The number of hydrogen-bond acceptors (Lipinski definition) is 7. The van der Waals surface area contributed by atoms with E-state index in [0.717, 1.165) is 22.4 Å². The average Bonchev–Trinajstić information content (AvgIpc) is 3.36. The van der Waals surface area contributed by atoms with E-state index in [0.29, 0.717) is 29.3 Å². The summed E-state index contributed by atoms with van der Waals surface area (Å²) in [5.74, 6) is 0.212. The molecule has 0 saturated heterocycles. The van der Waals surface area contributed by atoms with Gasteiger partial charge in [-0.2, -0.15) is 0 Å². The molecule has 3 aromatic heterocycles. The van der Waals surface area contributed by atoms with Gasteiger partial charge in [0.25, 0.3) is 0 Å². The van der Waals surface area contributed by atoms with Gasteiger partial charge in [-0.05, 0) is 44.5 Å². The lowest BCUT2D eigenvalue weighted by Crippen LogP contribution is -2.25. The summed E-state index contributed by atoms with van der Waals surface area (Å²) < 4.78 is 12.5. The number of aryl methyl sites for hydroxylation is 1. The van der Waals surface area contributed by atoms with Gasteiger partial charge >= 0.3 is 5.97 Å². The molecule has 4 rings (SSSR count). The number of furan rings is 1. The monoisotopic (exact) mass is 438 g/mol. The van der Waals surface area contributed by atoms with E-state index in [1.54, 1.807) is 37.5 Å². The van der Waals surface area contributed by atoms with E-state index < -0.39 is 0 Å². The molecule has 160 valence electrons. The molecule has 1 aromatic carbocycles. The molecule has 1 amide bonds. The maximum atomic E-state index is 12.9. The Morgan fingerprint density at radius 3 is 2.65 bits per heavy atom. The largest absolute Gasteiger partial charge is 0.463 e. The third kappa shape index (κ3) is 4.13. The highest BCUT2D eigenvalue weighted by Gasteiger charge is 2.22. The molecule has 0 bridgehead atoms. The topological polar surface area (TPSA) is 98.7 Å². The van der Waals surface area contributed by atoms with Gasteiger partial charge in [-0.3, -0.25) is 9.20 Å². The van der Waals surface area contributed by atoms with Crippen LogP contribution in [0.25, 0.3) is 16.6 Å². The van der Waals surface area contributed by atoms with Crippen LogP contribution in [0.1, 0.15) is 36.5 Å². The number of thioether (sulfide) groups is 1. The lowest BCUT2D eigenvalue weighted by molar-refractivity contribution is -0.115. The van der Waals surface area contributed by atoms with Crippen molar-refractivity contribution in [2.75, 3.05) is 11.9 Å². The number of benzene rings is 1. The highest BCUT2D eigenvalue weighted by molar-refractivity contribution is 8.00. The van der Waals surface area contributed by atoms with Gasteiger partial charge in [-0.25, -0.2) is 4.79 Å². The van der Waals surface area contributed by atoms with Crippen molar-refractivity contribution in [1.29, 1.82) is 0 Å². The average molecular weight is 439 g/mol. The van der Waals surface area contributed by atoms with Crippen LogP contribution in [-0.4, -0.2) is 38.3 Å². The van der Waals surface area contributed by atoms with Gasteiger partial charge in [0.05, 0.1) is 34.7 Å². The Balaban J connectivity index is 1.52. The van der Waals surface area contributed by atoms with Crippen molar-refractivity contribution in [1.82, 2.24) is 14.6 Å². The summed E-state index contributed by atoms with van der Waals surface area (Å²) >= 11 is 1.37. The van der Waals surface area contributed by atoms with Gasteiger partial charge < -0.3 is 14.5 Å². The summed E-state index contributed by atoms with van der Waals surface area (Å²) in [6, 6.07) is 10.4. The maximum Gasteiger partial charge on any atom is 0.338 e. The van der Waals surface area contributed by atoms with Crippen molar-refractivity contribution >= 4 is 45.9 Å². The molecule has 0 spiro atoms. The number of amides is 1. The van der Waals surface area contributed by atoms with Gasteiger partial charge in [-0.15, -0.1) is 10.2 Å². The molecule has 0 radical (unpaired) electrons. The fraction of sp³-hybridized carbons (Fsp3) is 0.273. The summed E-state index contributed by atoms with van der Waals surface area (Å²) in [6.07, 6.45) is 2.25. The number of rotatable bonds is 7. The minimum Gasteiger partial charge on any atom is -0.463 e. The zero-order valence-corrected chi connectivity index (χ0v) is 18.2. The van der Waals surface area contributed by atoms with Crippen molar-refractivity contribution in [3.63, 3.8) is 0 Å². The van der Waals surface area contributed by atoms with Crippen molar-refractivity contribution in [2.24, 2.45) is 0 Å². The molecular formula is C22H22N4O4S. The number of anilines is 1. The molecule has 3 heterocycles. The van der Waals surface area contributed by atoms with Gasteiger partial charge in [0.15, 0.2) is 5.58 Å². The smallest absolute Gasteiger partial charge is 0.338 e. The van der Waals surface area contributed by atoms with Crippen molar-refractivity contribution in [3.8, 4) is 0 Å². The molecular weight excluding hydrogens is 416 g/mol. The number of fused-ring (bicyclic) bond motifs is 3. The van der Waals surface area contributed by atoms with E-state index in [2.05, 4.69) is 15.5 Å². The number of aromatic nitrogens is 3. The Bertz CT molecular complexity index is 1250. The van der Waals surface area contributed by atoms with E-state index in [9.17, 15) is 9.59 Å². The first-order valence-electron chi connectivity index (χ1n) is 9.98. The van der Waals surface area contributed by atoms with Crippen LogP contribution in [0, 0.1) is 6.92 Å². The Labute approximate surface area is 183 Å². The van der Waals surface area contributed by atoms with Crippen LogP contribution in [0.2, 0.25) is 0 Å². The molecule has 0 aliphatic heterocycles. The number of carbonyl (C=O) groups is 2. The predicted octanol–water partition coefficient (Wildman–Crippen LogP) is 4.47. The summed E-state index contributed by atoms with van der Waals surface area (Å²) in [4.78, 5) is 24.7. The Kier molecular flexibility index (Phi) is 5.94. The number of nitrogens with one attached hydrogen (secondary N) is 1.